The van der Waals surface area contributed by atoms with E-state index in [4.69, 9.17) is 5.10 Å². The van der Waals surface area contributed by atoms with Gasteiger partial charge in [-0.15, -0.1) is 0 Å². The predicted octanol–water partition coefficient (Wildman–Crippen LogP) is 4.09. The van der Waals surface area contributed by atoms with Gasteiger partial charge in [-0.3, -0.25) is 4.68 Å². The third kappa shape index (κ3) is 3.27. The lowest BCUT2D eigenvalue weighted by Gasteiger charge is -2.31. The first-order valence-corrected chi connectivity index (χ1v) is 13.7. The summed E-state index contributed by atoms with van der Waals surface area (Å²) in [6.45, 7) is 0. The fraction of sp³-hybridized carbons (Fsp3) is 0.520. The zero-order valence-electron chi connectivity index (χ0n) is 19.0. The average Bonchev–Trinajstić information content (AvgIpc) is 3.56. The monoisotopic (exact) mass is 479 g/mol. The number of nitrogens with zero attached hydrogens (tertiary/aromatic N) is 3. The summed E-state index contributed by atoms with van der Waals surface area (Å²) in [4.78, 5) is 0.458. The topological polar surface area (TPSA) is 120 Å². The number of fused-ring (bicyclic) bond motifs is 2. The van der Waals surface area contributed by atoms with Crippen molar-refractivity contribution in [1.82, 2.24) is 15.1 Å². The molecule has 2 aliphatic carbocycles. The molecule has 4 aliphatic rings. The van der Waals surface area contributed by atoms with Gasteiger partial charge in [0.25, 0.3) is 0 Å². The summed E-state index contributed by atoms with van der Waals surface area (Å²) in [6.07, 6.45) is 10.3. The fourth-order valence-corrected chi connectivity index (χ4v) is 8.44. The summed E-state index contributed by atoms with van der Waals surface area (Å²) < 4.78 is 28.0. The van der Waals surface area contributed by atoms with Crippen LogP contribution in [0.25, 0.3) is 6.08 Å². The molecule has 0 radical (unpaired) electrons. The van der Waals surface area contributed by atoms with E-state index in [1.54, 1.807) is 18.3 Å². The number of nitriles is 1. The van der Waals surface area contributed by atoms with E-state index in [9.17, 15) is 18.8 Å². The summed E-state index contributed by atoms with van der Waals surface area (Å²) in [5.74, 6) is 0.949. The van der Waals surface area contributed by atoms with E-state index in [0.29, 0.717) is 35.0 Å². The highest BCUT2D eigenvalue weighted by atomic mass is 32.2. The van der Waals surface area contributed by atoms with Crippen LogP contribution in [0.4, 0.5) is 11.5 Å². The summed E-state index contributed by atoms with van der Waals surface area (Å²) in [5, 5.41) is 31.1. The molecule has 2 saturated carbocycles. The van der Waals surface area contributed by atoms with Crippen LogP contribution in [0.5, 0.6) is 0 Å². The first-order valence-electron chi connectivity index (χ1n) is 12.2. The van der Waals surface area contributed by atoms with Crippen molar-refractivity contribution in [2.75, 3.05) is 5.32 Å². The number of nitrogens with one attached hydrogen (secondary N) is 2. The minimum atomic E-state index is -3.34. The van der Waals surface area contributed by atoms with Crippen LogP contribution in [0.2, 0.25) is 0 Å². The number of benzene rings is 1. The molecular formula is C25H29N5O3S. The number of aliphatic hydroxyl groups is 1. The maximum atomic E-state index is 13.4. The molecule has 0 bridgehead atoms. The molecule has 3 heterocycles. The van der Waals surface area contributed by atoms with E-state index in [2.05, 4.69) is 16.7 Å². The molecule has 0 amide bonds. The fourth-order valence-electron chi connectivity index (χ4n) is 6.08. The quantitative estimate of drug-likeness (QED) is 0.591. The molecular weight excluding hydrogens is 450 g/mol. The molecule has 9 heteroatoms. The predicted molar refractivity (Wildman–Crippen MR) is 128 cm³/mol. The number of hydrogen-bond donors (Lipinski definition) is 3. The number of aliphatic hydroxyl groups excluding tert-OH is 1. The SMILES string of the molecule is N#CC[C@@H](C1CC1)n1nc(Nc2ccc3c(c2)CC2(CCCCC2)S3(=O)=O)c2c1C=CNC2O. The van der Waals surface area contributed by atoms with Gasteiger partial charge in [0.1, 0.15) is 0 Å². The second-order valence-electron chi connectivity index (χ2n) is 10.1. The van der Waals surface area contributed by atoms with Gasteiger partial charge in [-0.1, -0.05) is 19.3 Å². The van der Waals surface area contributed by atoms with E-state index in [1.165, 1.54) is 0 Å². The van der Waals surface area contributed by atoms with Crippen LogP contribution >= 0.6 is 0 Å². The summed E-state index contributed by atoms with van der Waals surface area (Å²) in [7, 11) is -3.34. The standard InChI is InChI=1S/C25H29N5O3S/c26-12-8-19(16-4-5-16)30-20-9-13-27-24(31)22(20)23(29-30)28-18-6-7-21-17(14-18)15-25(34(21,32)33)10-2-1-3-11-25/h6-7,9,13-14,16,19,24,27,31H,1-5,8,10-11,15H2,(H,28,29)/t19-,24?/m0/s1. The van der Waals surface area contributed by atoms with Crippen LogP contribution < -0.4 is 10.6 Å². The molecule has 1 aromatic heterocycles. The molecule has 3 N–H and O–H groups in total. The third-order valence-corrected chi connectivity index (χ3v) is 10.7. The Labute approximate surface area is 199 Å². The number of aromatic nitrogens is 2. The second-order valence-corrected chi connectivity index (χ2v) is 12.4. The maximum absolute atomic E-state index is 13.4. The Hall–Kier alpha value is -2.83. The average molecular weight is 480 g/mol. The molecule has 2 aromatic rings. The Morgan fingerprint density at radius 1 is 1.29 bits per heavy atom. The lowest BCUT2D eigenvalue weighted by molar-refractivity contribution is 0.155. The molecule has 178 valence electrons. The van der Waals surface area contributed by atoms with Gasteiger partial charge in [-0.2, -0.15) is 10.4 Å². The van der Waals surface area contributed by atoms with Gasteiger partial charge < -0.3 is 15.7 Å². The van der Waals surface area contributed by atoms with Gasteiger partial charge in [0.05, 0.1) is 39.4 Å². The van der Waals surface area contributed by atoms with Crippen molar-refractivity contribution in [3.63, 3.8) is 0 Å². The highest BCUT2D eigenvalue weighted by Crippen LogP contribution is 2.49. The minimum Gasteiger partial charge on any atom is -0.369 e. The molecule has 8 nitrogen and oxygen atoms in total. The first-order chi connectivity index (χ1) is 16.4. The lowest BCUT2D eigenvalue weighted by Crippen LogP contribution is -2.38. The van der Waals surface area contributed by atoms with Crippen LogP contribution in [0.15, 0.2) is 29.3 Å². The second kappa shape index (κ2) is 7.85. The molecule has 2 fully saturated rings. The van der Waals surface area contributed by atoms with Gasteiger partial charge in [0.2, 0.25) is 0 Å². The van der Waals surface area contributed by atoms with Gasteiger partial charge in [-0.25, -0.2) is 8.42 Å². The zero-order chi connectivity index (χ0) is 23.5. The number of rotatable bonds is 5. The molecule has 2 atom stereocenters. The van der Waals surface area contributed by atoms with Crippen molar-refractivity contribution in [3.8, 4) is 6.07 Å². The Kier molecular flexibility index (Phi) is 5.01. The largest absolute Gasteiger partial charge is 0.369 e. The van der Waals surface area contributed by atoms with E-state index < -0.39 is 20.8 Å². The highest BCUT2D eigenvalue weighted by Gasteiger charge is 2.51. The lowest BCUT2D eigenvalue weighted by atomic mass is 9.84. The molecule has 34 heavy (non-hydrogen) atoms. The van der Waals surface area contributed by atoms with Crippen molar-refractivity contribution in [2.24, 2.45) is 5.92 Å². The summed E-state index contributed by atoms with van der Waals surface area (Å²) >= 11 is 0. The molecule has 1 spiro atoms. The Balaban J connectivity index is 1.36. The van der Waals surface area contributed by atoms with Crippen LogP contribution in [0.1, 0.15) is 80.5 Å². The Morgan fingerprint density at radius 3 is 2.82 bits per heavy atom. The van der Waals surface area contributed by atoms with Gasteiger partial charge in [0.15, 0.2) is 21.9 Å². The normalized spacial score (nSPS) is 24.6. The van der Waals surface area contributed by atoms with Crippen LogP contribution in [-0.4, -0.2) is 28.1 Å². The minimum absolute atomic E-state index is 0.0272. The van der Waals surface area contributed by atoms with Gasteiger partial charge >= 0.3 is 0 Å². The van der Waals surface area contributed by atoms with Crippen molar-refractivity contribution < 1.29 is 13.5 Å². The Bertz CT molecular complexity index is 1310. The molecule has 1 unspecified atom stereocenters. The molecule has 1 aromatic carbocycles. The van der Waals surface area contributed by atoms with Crippen molar-refractivity contribution in [3.05, 3.63) is 41.2 Å². The molecule has 2 aliphatic heterocycles. The smallest absolute Gasteiger partial charge is 0.184 e. The summed E-state index contributed by atoms with van der Waals surface area (Å²) in [5.41, 5.74) is 3.05. The van der Waals surface area contributed by atoms with Crippen molar-refractivity contribution >= 4 is 27.4 Å². The van der Waals surface area contributed by atoms with E-state index >= 15 is 0 Å². The first kappa shape index (κ1) is 21.7. The Morgan fingerprint density at radius 2 is 2.09 bits per heavy atom. The van der Waals surface area contributed by atoms with E-state index in [-0.39, 0.29) is 6.04 Å². The highest BCUT2D eigenvalue weighted by molar-refractivity contribution is 7.93. The van der Waals surface area contributed by atoms with Crippen LogP contribution in [-0.2, 0) is 16.3 Å². The molecule has 6 rings (SSSR count). The third-order valence-electron chi connectivity index (χ3n) is 8.00. The van der Waals surface area contributed by atoms with Crippen molar-refractivity contribution in [1.29, 1.82) is 5.26 Å². The van der Waals surface area contributed by atoms with E-state index in [0.717, 1.165) is 61.9 Å². The number of sulfone groups is 1. The maximum Gasteiger partial charge on any atom is 0.184 e. The van der Waals surface area contributed by atoms with E-state index in [1.807, 2.05) is 16.8 Å². The zero-order valence-corrected chi connectivity index (χ0v) is 19.8. The number of anilines is 2. The summed E-state index contributed by atoms with van der Waals surface area (Å²) in [6, 6.07) is 7.69. The van der Waals surface area contributed by atoms with Crippen molar-refractivity contribution in [2.45, 2.75) is 79.7 Å². The van der Waals surface area contributed by atoms with Crippen LogP contribution in [0, 0.1) is 17.2 Å². The van der Waals surface area contributed by atoms with Gasteiger partial charge in [0, 0.05) is 11.9 Å². The molecule has 0 saturated heterocycles. The number of hydrogen-bond acceptors (Lipinski definition) is 7. The van der Waals surface area contributed by atoms with Crippen LogP contribution in [0.3, 0.4) is 0 Å². The van der Waals surface area contributed by atoms with Gasteiger partial charge in [-0.05, 0) is 67.9 Å².